The lowest BCUT2D eigenvalue weighted by atomic mass is 9.95. The highest BCUT2D eigenvalue weighted by molar-refractivity contribution is 7.10. The molecule has 2 aromatic rings. The number of amides is 1. The Hall–Kier alpha value is -2.01. The van der Waals surface area contributed by atoms with Crippen molar-refractivity contribution in [3.8, 4) is 11.8 Å². The van der Waals surface area contributed by atoms with Crippen LogP contribution in [0.4, 0.5) is 10.7 Å². The molecule has 1 fully saturated rings. The van der Waals surface area contributed by atoms with E-state index in [-0.39, 0.29) is 22.7 Å². The molecule has 0 unspecified atom stereocenters. The fourth-order valence-corrected chi connectivity index (χ4v) is 4.01. The molecule has 3 rings (SSSR count). The zero-order valence-electron chi connectivity index (χ0n) is 13.0. The number of halogens is 2. The van der Waals surface area contributed by atoms with Gasteiger partial charge in [0, 0.05) is 24.0 Å². The average molecular weight is 397 g/mol. The van der Waals surface area contributed by atoms with Crippen LogP contribution in [0.15, 0.2) is 18.2 Å². The summed E-state index contributed by atoms with van der Waals surface area (Å²) >= 11 is 13.0. The van der Waals surface area contributed by atoms with Gasteiger partial charge in [0.25, 0.3) is 0 Å². The summed E-state index contributed by atoms with van der Waals surface area (Å²) in [5, 5.41) is 23.1. The number of aromatic nitrogens is 1. The Morgan fingerprint density at radius 3 is 2.80 bits per heavy atom. The third-order valence-electron chi connectivity index (χ3n) is 4.11. The second-order valence-electron chi connectivity index (χ2n) is 5.68. The molecule has 0 aliphatic carbocycles. The summed E-state index contributed by atoms with van der Waals surface area (Å²) in [4.78, 5) is 14.5. The molecule has 0 radical (unpaired) electrons. The van der Waals surface area contributed by atoms with Crippen LogP contribution in [0.25, 0.3) is 0 Å². The number of nitrogens with one attached hydrogen (secondary N) is 1. The molecule has 130 valence electrons. The summed E-state index contributed by atoms with van der Waals surface area (Å²) in [6, 6.07) is 6.59. The monoisotopic (exact) mass is 396 g/mol. The highest BCUT2D eigenvalue weighted by Crippen LogP contribution is 2.34. The molecule has 6 nitrogen and oxygen atoms in total. The molecule has 0 saturated carbocycles. The van der Waals surface area contributed by atoms with Gasteiger partial charge in [-0.05, 0) is 42.6 Å². The first kappa shape index (κ1) is 17.8. The molecule has 0 atom stereocenters. The molecule has 1 saturated heterocycles. The Kier molecular flexibility index (Phi) is 5.33. The third-order valence-corrected chi connectivity index (χ3v) is 5.63. The summed E-state index contributed by atoms with van der Waals surface area (Å²) in [5.41, 5.74) is 0.694. The van der Waals surface area contributed by atoms with Crippen molar-refractivity contribution < 1.29 is 9.90 Å². The predicted octanol–water partition coefficient (Wildman–Crippen LogP) is 3.88. The number of piperidine rings is 1. The van der Waals surface area contributed by atoms with Crippen molar-refractivity contribution in [3.63, 3.8) is 0 Å². The van der Waals surface area contributed by atoms with Crippen LogP contribution in [-0.4, -0.2) is 28.5 Å². The van der Waals surface area contributed by atoms with Crippen molar-refractivity contribution >= 4 is 51.3 Å². The van der Waals surface area contributed by atoms with Crippen LogP contribution in [0.3, 0.4) is 0 Å². The van der Waals surface area contributed by atoms with E-state index >= 15 is 0 Å². The Morgan fingerprint density at radius 2 is 2.12 bits per heavy atom. The van der Waals surface area contributed by atoms with E-state index in [0.717, 1.165) is 5.00 Å². The normalized spacial score (nSPS) is 15.0. The van der Waals surface area contributed by atoms with Crippen molar-refractivity contribution in [1.82, 2.24) is 4.37 Å². The highest BCUT2D eigenvalue weighted by Gasteiger charge is 2.28. The number of carbonyl (C=O) groups excluding carboxylic acids is 1. The van der Waals surface area contributed by atoms with Crippen LogP contribution >= 0.6 is 34.7 Å². The second kappa shape index (κ2) is 7.48. The quantitative estimate of drug-likeness (QED) is 0.768. The molecule has 25 heavy (non-hydrogen) atoms. The zero-order valence-corrected chi connectivity index (χ0v) is 15.3. The summed E-state index contributed by atoms with van der Waals surface area (Å²) < 4.78 is 4.01. The molecule has 0 spiro atoms. The van der Waals surface area contributed by atoms with E-state index in [2.05, 4.69) is 15.8 Å². The molecule has 1 aliphatic rings. The van der Waals surface area contributed by atoms with Crippen LogP contribution < -0.4 is 10.2 Å². The summed E-state index contributed by atoms with van der Waals surface area (Å²) in [5.74, 6) is -0.350. The molecule has 9 heteroatoms. The van der Waals surface area contributed by atoms with Crippen molar-refractivity contribution in [1.29, 1.82) is 5.26 Å². The smallest absolute Gasteiger partial charge is 0.227 e. The maximum absolute atomic E-state index is 12.4. The number of phenols is 1. The van der Waals surface area contributed by atoms with Gasteiger partial charge in [-0.15, -0.1) is 0 Å². The number of nitrogens with zero attached hydrogens (tertiary/aromatic N) is 3. The number of benzene rings is 1. The van der Waals surface area contributed by atoms with Gasteiger partial charge in [-0.2, -0.15) is 9.64 Å². The molecule has 1 aromatic carbocycles. The number of hydrogen-bond donors (Lipinski definition) is 2. The number of hydrogen-bond acceptors (Lipinski definition) is 6. The van der Waals surface area contributed by atoms with Gasteiger partial charge in [0.15, 0.2) is 5.15 Å². The van der Waals surface area contributed by atoms with Gasteiger partial charge in [0.05, 0.1) is 5.69 Å². The van der Waals surface area contributed by atoms with Gasteiger partial charge < -0.3 is 15.3 Å². The predicted molar refractivity (Wildman–Crippen MR) is 98.5 cm³/mol. The Morgan fingerprint density at radius 1 is 1.40 bits per heavy atom. The minimum absolute atomic E-state index is 0.0202. The first-order valence-corrected chi connectivity index (χ1v) is 9.12. The molecule has 1 aromatic heterocycles. The third kappa shape index (κ3) is 3.82. The lowest BCUT2D eigenvalue weighted by molar-refractivity contribution is -0.120. The number of carbonyl (C=O) groups is 1. The number of aromatic hydroxyl groups is 1. The fourth-order valence-electron chi connectivity index (χ4n) is 2.76. The molecular formula is C16H14Cl2N4O2S. The Bertz CT molecular complexity index is 841. The van der Waals surface area contributed by atoms with Crippen LogP contribution in [0.5, 0.6) is 5.75 Å². The van der Waals surface area contributed by atoms with Crippen LogP contribution in [0.1, 0.15) is 18.4 Å². The Balaban J connectivity index is 1.63. The number of anilines is 2. The summed E-state index contributed by atoms with van der Waals surface area (Å²) in [6.45, 7) is 1.26. The maximum atomic E-state index is 12.4. The summed E-state index contributed by atoms with van der Waals surface area (Å²) in [6.07, 6.45) is 1.26. The fraction of sp³-hybridized carbons (Fsp3) is 0.312. The average Bonchev–Trinajstić information content (AvgIpc) is 2.99. The minimum atomic E-state index is -0.177. The van der Waals surface area contributed by atoms with E-state index in [1.165, 1.54) is 23.7 Å². The Labute approximate surface area is 158 Å². The zero-order chi connectivity index (χ0) is 18.0. The summed E-state index contributed by atoms with van der Waals surface area (Å²) in [7, 11) is 0. The van der Waals surface area contributed by atoms with Crippen molar-refractivity contribution in [2.75, 3.05) is 23.3 Å². The molecular weight excluding hydrogens is 383 g/mol. The lowest BCUT2D eigenvalue weighted by Gasteiger charge is -2.31. The highest BCUT2D eigenvalue weighted by atomic mass is 35.5. The first-order chi connectivity index (χ1) is 12.0. The molecule has 2 heterocycles. The van der Waals surface area contributed by atoms with Crippen molar-refractivity contribution in [2.45, 2.75) is 12.8 Å². The lowest BCUT2D eigenvalue weighted by Crippen LogP contribution is -2.38. The van der Waals surface area contributed by atoms with Gasteiger partial charge >= 0.3 is 0 Å². The molecule has 1 amide bonds. The van der Waals surface area contributed by atoms with E-state index in [4.69, 9.17) is 23.2 Å². The molecule has 1 aliphatic heterocycles. The van der Waals surface area contributed by atoms with Crippen LogP contribution in [0.2, 0.25) is 10.2 Å². The maximum Gasteiger partial charge on any atom is 0.227 e. The minimum Gasteiger partial charge on any atom is -0.506 e. The van der Waals surface area contributed by atoms with Crippen LogP contribution in [0, 0.1) is 17.2 Å². The van der Waals surface area contributed by atoms with Gasteiger partial charge in [-0.3, -0.25) is 4.79 Å². The van der Waals surface area contributed by atoms with Gasteiger partial charge in [-0.1, -0.05) is 23.2 Å². The number of nitriles is 1. The number of phenolic OH excluding ortho intramolecular Hbond substituents is 1. The number of rotatable bonds is 3. The van der Waals surface area contributed by atoms with Gasteiger partial charge in [0.2, 0.25) is 5.91 Å². The SMILES string of the molecule is N#Cc1c(Cl)nsc1N1CCC(C(=O)Nc2cc(Cl)ccc2O)CC1. The van der Waals surface area contributed by atoms with Crippen molar-refractivity contribution in [2.24, 2.45) is 5.92 Å². The molecule has 0 bridgehead atoms. The van der Waals surface area contributed by atoms with E-state index in [1.807, 2.05) is 4.90 Å². The van der Waals surface area contributed by atoms with E-state index in [9.17, 15) is 15.2 Å². The second-order valence-corrected chi connectivity index (χ2v) is 7.22. The van der Waals surface area contributed by atoms with E-state index < -0.39 is 0 Å². The standard InChI is InChI=1S/C16H14Cl2N4O2S/c17-10-1-2-13(23)12(7-10)20-15(24)9-3-5-22(6-4-9)16-11(8-19)14(18)21-25-16/h1-2,7,9,23H,3-6H2,(H,20,24). The van der Waals surface area contributed by atoms with Gasteiger partial charge in [0.1, 0.15) is 22.4 Å². The first-order valence-electron chi connectivity index (χ1n) is 7.59. The molecule has 2 N–H and O–H groups in total. The topological polar surface area (TPSA) is 89.2 Å². The van der Waals surface area contributed by atoms with E-state index in [1.54, 1.807) is 6.07 Å². The largest absolute Gasteiger partial charge is 0.506 e. The van der Waals surface area contributed by atoms with Crippen LogP contribution in [-0.2, 0) is 4.79 Å². The van der Waals surface area contributed by atoms with E-state index in [0.29, 0.717) is 42.2 Å². The van der Waals surface area contributed by atoms with Crippen molar-refractivity contribution in [3.05, 3.63) is 33.9 Å². The van der Waals surface area contributed by atoms with Gasteiger partial charge in [-0.25, -0.2) is 0 Å².